The molecule has 2 aromatic rings. The summed E-state index contributed by atoms with van der Waals surface area (Å²) in [7, 11) is -2.50. The van der Waals surface area contributed by atoms with Crippen LogP contribution in [0.2, 0.25) is 0 Å². The van der Waals surface area contributed by atoms with Gasteiger partial charge in [-0.1, -0.05) is 65.0 Å². The number of hydrogen-bond acceptors (Lipinski definition) is 9. The first-order valence-electron chi connectivity index (χ1n) is 15.1. The number of methoxy groups -OCH3 is 1. The second kappa shape index (κ2) is 17.8. The van der Waals surface area contributed by atoms with E-state index >= 15 is 0 Å². The zero-order valence-corrected chi connectivity index (χ0v) is 29.1. The lowest BCUT2D eigenvalue weighted by Crippen LogP contribution is -2.59. The largest absolute Gasteiger partial charge is 0.454 e. The summed E-state index contributed by atoms with van der Waals surface area (Å²) in [5.74, 6) is -0.108. The second-order valence-corrected chi connectivity index (χ2v) is 14.6. The third-order valence-corrected chi connectivity index (χ3v) is 9.06. The van der Waals surface area contributed by atoms with Crippen LogP contribution < -0.4 is 25.4 Å². The molecule has 46 heavy (non-hydrogen) atoms. The molecular formula is C32H49ClN4O8S. The van der Waals surface area contributed by atoms with E-state index in [0.717, 1.165) is 5.56 Å². The summed E-state index contributed by atoms with van der Waals surface area (Å²) in [6.45, 7) is 10.1. The summed E-state index contributed by atoms with van der Waals surface area (Å²) in [5, 5.41) is 20.3. The van der Waals surface area contributed by atoms with E-state index < -0.39 is 39.5 Å². The Morgan fingerprint density at radius 1 is 1.02 bits per heavy atom. The van der Waals surface area contributed by atoms with Gasteiger partial charge in [0.2, 0.25) is 28.6 Å². The third-order valence-electron chi connectivity index (χ3n) is 7.23. The van der Waals surface area contributed by atoms with Crippen LogP contribution in [0.25, 0.3) is 0 Å². The van der Waals surface area contributed by atoms with Crippen molar-refractivity contribution in [1.29, 1.82) is 0 Å². The average Bonchev–Trinajstić information content (AvgIpc) is 3.45. The van der Waals surface area contributed by atoms with Gasteiger partial charge in [-0.05, 0) is 35.4 Å². The van der Waals surface area contributed by atoms with E-state index in [0.29, 0.717) is 24.7 Å². The number of halogens is 1. The Labute approximate surface area is 279 Å². The van der Waals surface area contributed by atoms with E-state index in [4.69, 9.17) is 14.2 Å². The summed E-state index contributed by atoms with van der Waals surface area (Å²) < 4.78 is 44.7. The minimum absolute atomic E-state index is 0. The molecule has 0 saturated heterocycles. The van der Waals surface area contributed by atoms with Crippen molar-refractivity contribution in [2.45, 2.75) is 64.1 Å². The molecule has 2 amide bonds. The monoisotopic (exact) mass is 684 g/mol. The Balaban J connectivity index is 0.00000736. The number of sulfonamides is 1. The van der Waals surface area contributed by atoms with Crippen molar-refractivity contribution in [2.75, 3.05) is 46.7 Å². The van der Waals surface area contributed by atoms with Gasteiger partial charge in [-0.2, -0.15) is 4.31 Å². The molecule has 3 rings (SSSR count). The van der Waals surface area contributed by atoms with Crippen molar-refractivity contribution in [1.82, 2.24) is 20.3 Å². The van der Waals surface area contributed by atoms with Crippen molar-refractivity contribution in [3.63, 3.8) is 0 Å². The summed E-state index contributed by atoms with van der Waals surface area (Å²) >= 11 is 0. The summed E-state index contributed by atoms with van der Waals surface area (Å²) in [4.78, 5) is 26.5. The number of carbonyl (C=O) groups excluding carboxylic acids is 2. The standard InChI is InChI=1S/C32H48N4O8S.ClH/c1-22(2)19-36(45(40,41)24-12-13-27-28(17-24)44-21-43-27)20-26(37)25(16-23-10-8-7-9-11-23)34-31(39)30(32(3,4)5)35-29(38)18-33-14-15-42-6;/h7-13,17,22,25-26,30,33,37H,14-16,18-21H2,1-6H3,(H,34,39)(H,35,38);1H/t25-,26+,30+;/m0./s1. The van der Waals surface area contributed by atoms with E-state index in [9.17, 15) is 23.1 Å². The fraction of sp³-hybridized carbons (Fsp3) is 0.562. The molecule has 0 bridgehead atoms. The molecule has 2 aromatic carbocycles. The van der Waals surface area contributed by atoms with Crippen molar-refractivity contribution < 1.29 is 37.3 Å². The van der Waals surface area contributed by atoms with Crippen LogP contribution in [0.1, 0.15) is 40.2 Å². The number of carbonyl (C=O) groups is 2. The quantitative estimate of drug-likeness (QED) is 0.184. The minimum atomic E-state index is -4.06. The number of aliphatic hydroxyl groups excluding tert-OH is 1. The van der Waals surface area contributed by atoms with Gasteiger partial charge in [-0.3, -0.25) is 9.59 Å². The number of aliphatic hydroxyl groups is 1. The number of rotatable bonds is 17. The molecule has 3 atom stereocenters. The fourth-order valence-electron chi connectivity index (χ4n) is 4.88. The van der Waals surface area contributed by atoms with Gasteiger partial charge >= 0.3 is 0 Å². The zero-order valence-electron chi connectivity index (χ0n) is 27.4. The molecule has 0 fully saturated rings. The second-order valence-electron chi connectivity index (χ2n) is 12.6. The van der Waals surface area contributed by atoms with Crippen LogP contribution in [0, 0.1) is 11.3 Å². The average molecular weight is 685 g/mol. The number of nitrogens with one attached hydrogen (secondary N) is 3. The molecule has 4 N–H and O–H groups in total. The highest BCUT2D eigenvalue weighted by molar-refractivity contribution is 7.89. The van der Waals surface area contributed by atoms with Gasteiger partial charge in [0.1, 0.15) is 6.04 Å². The first-order chi connectivity index (χ1) is 21.2. The number of nitrogens with zero attached hydrogens (tertiary/aromatic N) is 1. The van der Waals surface area contributed by atoms with E-state index in [1.807, 2.05) is 65.0 Å². The molecule has 0 saturated carbocycles. The van der Waals surface area contributed by atoms with Crippen LogP contribution in [-0.4, -0.2) is 94.5 Å². The van der Waals surface area contributed by atoms with Gasteiger partial charge < -0.3 is 35.3 Å². The summed E-state index contributed by atoms with van der Waals surface area (Å²) in [6.07, 6.45) is -1.06. The van der Waals surface area contributed by atoms with Gasteiger partial charge in [0, 0.05) is 32.8 Å². The topological polar surface area (TPSA) is 156 Å². The Morgan fingerprint density at radius 2 is 1.70 bits per heavy atom. The van der Waals surface area contributed by atoms with E-state index in [-0.39, 0.29) is 62.0 Å². The molecule has 0 unspecified atom stereocenters. The molecular weight excluding hydrogens is 636 g/mol. The van der Waals surface area contributed by atoms with Crippen LogP contribution >= 0.6 is 12.4 Å². The predicted molar refractivity (Wildman–Crippen MR) is 178 cm³/mol. The van der Waals surface area contributed by atoms with E-state index in [1.54, 1.807) is 13.2 Å². The SMILES string of the molecule is COCCNCC(=O)N[C@H](C(=O)N[C@@H](Cc1ccccc1)[C@H](O)CN(CC(C)C)S(=O)(=O)c1ccc2c(c1)OCO2)C(C)(C)C.Cl. The van der Waals surface area contributed by atoms with Crippen molar-refractivity contribution in [2.24, 2.45) is 11.3 Å². The lowest BCUT2D eigenvalue weighted by molar-refractivity contribution is -0.132. The van der Waals surface area contributed by atoms with Crippen LogP contribution in [0.5, 0.6) is 11.5 Å². The Kier molecular flexibility index (Phi) is 15.2. The number of hydrogen-bond donors (Lipinski definition) is 4. The molecule has 1 aliphatic heterocycles. The van der Waals surface area contributed by atoms with Crippen LogP contribution in [-0.2, 0) is 30.8 Å². The zero-order chi connectivity index (χ0) is 33.2. The maximum absolute atomic E-state index is 13.9. The first-order valence-corrected chi connectivity index (χ1v) is 16.6. The van der Waals surface area contributed by atoms with E-state index in [1.165, 1.54) is 16.4 Å². The highest BCUT2D eigenvalue weighted by Gasteiger charge is 2.37. The maximum Gasteiger partial charge on any atom is 0.243 e. The smallest absolute Gasteiger partial charge is 0.243 e. The highest BCUT2D eigenvalue weighted by atomic mass is 35.5. The Bertz CT molecular complexity index is 1370. The maximum atomic E-state index is 13.9. The molecule has 0 spiro atoms. The Morgan fingerprint density at radius 3 is 2.33 bits per heavy atom. The van der Waals surface area contributed by atoms with Crippen LogP contribution in [0.3, 0.4) is 0 Å². The normalized spacial score (nSPS) is 14.8. The van der Waals surface area contributed by atoms with Gasteiger partial charge in [0.05, 0.1) is 30.2 Å². The highest BCUT2D eigenvalue weighted by Crippen LogP contribution is 2.35. The van der Waals surface area contributed by atoms with E-state index in [2.05, 4.69) is 16.0 Å². The van der Waals surface area contributed by atoms with Gasteiger partial charge in [0.25, 0.3) is 0 Å². The lowest BCUT2D eigenvalue weighted by Gasteiger charge is -2.34. The van der Waals surface area contributed by atoms with Crippen molar-refractivity contribution in [3.8, 4) is 11.5 Å². The molecule has 14 heteroatoms. The Hall–Kier alpha value is -2.94. The molecule has 258 valence electrons. The van der Waals surface area contributed by atoms with Gasteiger partial charge in [-0.15, -0.1) is 12.4 Å². The number of ether oxygens (including phenoxy) is 3. The van der Waals surface area contributed by atoms with Gasteiger partial charge in [0.15, 0.2) is 11.5 Å². The van der Waals surface area contributed by atoms with Crippen molar-refractivity contribution >= 4 is 34.2 Å². The predicted octanol–water partition coefficient (Wildman–Crippen LogP) is 2.34. The number of fused-ring (bicyclic) bond motifs is 1. The lowest BCUT2D eigenvalue weighted by atomic mass is 9.85. The van der Waals surface area contributed by atoms with Gasteiger partial charge in [-0.25, -0.2) is 8.42 Å². The molecule has 12 nitrogen and oxygen atoms in total. The molecule has 0 aromatic heterocycles. The summed E-state index contributed by atoms with van der Waals surface area (Å²) in [6, 6.07) is 11.9. The number of benzene rings is 2. The molecule has 1 aliphatic rings. The summed E-state index contributed by atoms with van der Waals surface area (Å²) in [5.41, 5.74) is 0.176. The minimum Gasteiger partial charge on any atom is -0.454 e. The van der Waals surface area contributed by atoms with Crippen LogP contribution in [0.15, 0.2) is 53.4 Å². The third kappa shape index (κ3) is 11.4. The number of amides is 2. The molecule has 0 aliphatic carbocycles. The molecule has 1 heterocycles. The first kappa shape index (κ1) is 39.2. The fourth-order valence-corrected chi connectivity index (χ4v) is 6.52. The van der Waals surface area contributed by atoms with Crippen molar-refractivity contribution in [3.05, 3.63) is 54.1 Å². The molecule has 0 radical (unpaired) electrons. The van der Waals surface area contributed by atoms with Crippen LogP contribution in [0.4, 0.5) is 0 Å².